The van der Waals surface area contributed by atoms with Gasteiger partial charge in [0.1, 0.15) is 5.75 Å². The van der Waals surface area contributed by atoms with Crippen LogP contribution < -0.4 is 15.4 Å². The van der Waals surface area contributed by atoms with Gasteiger partial charge < -0.3 is 15.4 Å². The van der Waals surface area contributed by atoms with Crippen LogP contribution in [0.4, 0.5) is 0 Å². The molecule has 0 aliphatic carbocycles. The first kappa shape index (κ1) is 16.8. The summed E-state index contributed by atoms with van der Waals surface area (Å²) in [5.41, 5.74) is 1.09. The van der Waals surface area contributed by atoms with E-state index in [1.165, 1.54) is 0 Å². The molecule has 1 saturated heterocycles. The lowest BCUT2D eigenvalue weighted by molar-refractivity contribution is -0.126. The van der Waals surface area contributed by atoms with Crippen LogP contribution in [0.2, 0.25) is 0 Å². The minimum Gasteiger partial charge on any atom is -0.494 e. The smallest absolute Gasteiger partial charge is 0.223 e. The first-order chi connectivity index (χ1) is 9.20. The normalized spacial score (nSPS) is 15.7. The molecular formula is C15H23ClN2O2. The highest BCUT2D eigenvalue weighted by atomic mass is 35.5. The SMILES string of the molecule is CCOc1ccc(CNC(=O)C(C)C2CNC2)cc1.Cl. The summed E-state index contributed by atoms with van der Waals surface area (Å²) in [5.74, 6) is 1.58. The number of benzene rings is 1. The summed E-state index contributed by atoms with van der Waals surface area (Å²) in [6.07, 6.45) is 0. The Morgan fingerprint density at radius 3 is 2.55 bits per heavy atom. The third-order valence-corrected chi connectivity index (χ3v) is 3.63. The zero-order valence-corrected chi connectivity index (χ0v) is 12.8. The predicted octanol–water partition coefficient (Wildman–Crippen LogP) is 1.98. The Kier molecular flexibility index (Phi) is 6.82. The Morgan fingerprint density at radius 2 is 2.05 bits per heavy atom. The van der Waals surface area contributed by atoms with Crippen molar-refractivity contribution in [2.75, 3.05) is 19.7 Å². The minimum atomic E-state index is 0. The molecular weight excluding hydrogens is 276 g/mol. The van der Waals surface area contributed by atoms with Crippen molar-refractivity contribution in [1.29, 1.82) is 0 Å². The highest BCUT2D eigenvalue weighted by molar-refractivity contribution is 5.85. The molecule has 1 atom stereocenters. The summed E-state index contributed by atoms with van der Waals surface area (Å²) in [6, 6.07) is 7.84. The number of hydrogen-bond donors (Lipinski definition) is 2. The first-order valence-corrected chi connectivity index (χ1v) is 6.91. The van der Waals surface area contributed by atoms with E-state index in [9.17, 15) is 4.79 Å². The van der Waals surface area contributed by atoms with Crippen LogP contribution in [0.3, 0.4) is 0 Å². The maximum atomic E-state index is 12.0. The predicted molar refractivity (Wildman–Crippen MR) is 82.2 cm³/mol. The number of carbonyl (C=O) groups excluding carboxylic acids is 1. The average molecular weight is 299 g/mol. The van der Waals surface area contributed by atoms with Gasteiger partial charge in [0.25, 0.3) is 0 Å². The van der Waals surface area contributed by atoms with Gasteiger partial charge in [-0.1, -0.05) is 19.1 Å². The second kappa shape index (κ2) is 8.12. The van der Waals surface area contributed by atoms with Crippen molar-refractivity contribution in [1.82, 2.24) is 10.6 Å². The van der Waals surface area contributed by atoms with Crippen LogP contribution in [-0.2, 0) is 11.3 Å². The van der Waals surface area contributed by atoms with Crippen LogP contribution >= 0.6 is 12.4 Å². The van der Waals surface area contributed by atoms with Gasteiger partial charge in [-0.2, -0.15) is 0 Å². The van der Waals surface area contributed by atoms with E-state index in [0.29, 0.717) is 19.1 Å². The summed E-state index contributed by atoms with van der Waals surface area (Å²) in [5, 5.41) is 6.19. The standard InChI is InChI=1S/C15H22N2O2.ClH/c1-3-19-14-6-4-12(5-7-14)8-17-15(18)11(2)13-9-16-10-13;/h4-7,11,13,16H,3,8-10H2,1-2H3,(H,17,18);1H. The van der Waals surface area contributed by atoms with Gasteiger partial charge in [-0.3, -0.25) is 4.79 Å². The van der Waals surface area contributed by atoms with E-state index in [0.717, 1.165) is 24.4 Å². The fraction of sp³-hybridized carbons (Fsp3) is 0.533. The third kappa shape index (κ3) is 4.39. The number of hydrogen-bond acceptors (Lipinski definition) is 3. The topological polar surface area (TPSA) is 50.4 Å². The highest BCUT2D eigenvalue weighted by Crippen LogP contribution is 2.16. The molecule has 1 aromatic rings. The van der Waals surface area contributed by atoms with Crippen LogP contribution in [0, 0.1) is 11.8 Å². The third-order valence-electron chi connectivity index (χ3n) is 3.63. The van der Waals surface area contributed by atoms with E-state index in [4.69, 9.17) is 4.74 Å². The van der Waals surface area contributed by atoms with Crippen LogP contribution in [0.5, 0.6) is 5.75 Å². The molecule has 1 amide bonds. The van der Waals surface area contributed by atoms with E-state index in [1.54, 1.807) is 0 Å². The Balaban J connectivity index is 0.00000200. The van der Waals surface area contributed by atoms with E-state index in [-0.39, 0.29) is 24.2 Å². The minimum absolute atomic E-state index is 0. The number of rotatable bonds is 6. The summed E-state index contributed by atoms with van der Waals surface area (Å²) in [7, 11) is 0. The van der Waals surface area contributed by atoms with Gasteiger partial charge in [0.2, 0.25) is 5.91 Å². The molecule has 2 N–H and O–H groups in total. The van der Waals surface area contributed by atoms with Gasteiger partial charge in [-0.15, -0.1) is 12.4 Å². The molecule has 1 heterocycles. The molecule has 2 rings (SSSR count). The molecule has 0 bridgehead atoms. The van der Waals surface area contributed by atoms with Gasteiger partial charge in [0.05, 0.1) is 6.61 Å². The quantitative estimate of drug-likeness (QED) is 0.844. The van der Waals surface area contributed by atoms with Gasteiger partial charge in [-0.05, 0) is 43.6 Å². The lowest BCUT2D eigenvalue weighted by Gasteiger charge is -2.31. The second-order valence-electron chi connectivity index (χ2n) is 5.00. The molecule has 1 fully saturated rings. The number of ether oxygens (including phenoxy) is 1. The lowest BCUT2D eigenvalue weighted by atomic mass is 9.88. The maximum absolute atomic E-state index is 12.0. The molecule has 1 aromatic carbocycles. The van der Waals surface area contributed by atoms with E-state index < -0.39 is 0 Å². The van der Waals surface area contributed by atoms with Gasteiger partial charge in [0, 0.05) is 12.5 Å². The monoisotopic (exact) mass is 298 g/mol. The fourth-order valence-corrected chi connectivity index (χ4v) is 2.10. The number of nitrogens with one attached hydrogen (secondary N) is 2. The van der Waals surface area contributed by atoms with Crippen molar-refractivity contribution in [3.63, 3.8) is 0 Å². The van der Waals surface area contributed by atoms with Crippen LogP contribution in [0.25, 0.3) is 0 Å². The van der Waals surface area contributed by atoms with Crippen LogP contribution in [0.15, 0.2) is 24.3 Å². The van der Waals surface area contributed by atoms with Crippen LogP contribution in [0.1, 0.15) is 19.4 Å². The van der Waals surface area contributed by atoms with Crippen molar-refractivity contribution in [2.45, 2.75) is 20.4 Å². The first-order valence-electron chi connectivity index (χ1n) is 6.91. The van der Waals surface area contributed by atoms with Crippen LogP contribution in [-0.4, -0.2) is 25.6 Å². The number of amides is 1. The Bertz CT molecular complexity index is 418. The summed E-state index contributed by atoms with van der Waals surface area (Å²) in [6.45, 7) is 7.12. The van der Waals surface area contributed by atoms with Crippen molar-refractivity contribution in [3.8, 4) is 5.75 Å². The van der Waals surface area contributed by atoms with Crippen molar-refractivity contribution >= 4 is 18.3 Å². The fourth-order valence-electron chi connectivity index (χ4n) is 2.10. The molecule has 1 unspecified atom stereocenters. The van der Waals surface area contributed by atoms with Crippen molar-refractivity contribution in [2.24, 2.45) is 11.8 Å². The summed E-state index contributed by atoms with van der Waals surface area (Å²) < 4.78 is 5.38. The Hall–Kier alpha value is -1.26. The summed E-state index contributed by atoms with van der Waals surface area (Å²) >= 11 is 0. The van der Waals surface area contributed by atoms with Gasteiger partial charge in [-0.25, -0.2) is 0 Å². The lowest BCUT2D eigenvalue weighted by Crippen LogP contribution is -2.49. The van der Waals surface area contributed by atoms with Crippen molar-refractivity contribution < 1.29 is 9.53 Å². The zero-order valence-electron chi connectivity index (χ0n) is 12.0. The van der Waals surface area contributed by atoms with Crippen molar-refractivity contribution in [3.05, 3.63) is 29.8 Å². The van der Waals surface area contributed by atoms with E-state index in [1.807, 2.05) is 38.1 Å². The Labute approximate surface area is 126 Å². The molecule has 0 aromatic heterocycles. The molecule has 5 heteroatoms. The molecule has 4 nitrogen and oxygen atoms in total. The highest BCUT2D eigenvalue weighted by Gasteiger charge is 2.28. The maximum Gasteiger partial charge on any atom is 0.223 e. The second-order valence-corrected chi connectivity index (χ2v) is 5.00. The number of halogens is 1. The van der Waals surface area contributed by atoms with E-state index >= 15 is 0 Å². The molecule has 0 radical (unpaired) electrons. The molecule has 112 valence electrons. The number of carbonyl (C=O) groups is 1. The molecule has 20 heavy (non-hydrogen) atoms. The molecule has 1 aliphatic heterocycles. The zero-order chi connectivity index (χ0) is 13.7. The average Bonchev–Trinajstić information content (AvgIpc) is 2.36. The molecule has 0 spiro atoms. The van der Waals surface area contributed by atoms with Gasteiger partial charge in [0.15, 0.2) is 0 Å². The largest absolute Gasteiger partial charge is 0.494 e. The summed E-state index contributed by atoms with van der Waals surface area (Å²) in [4.78, 5) is 12.0. The van der Waals surface area contributed by atoms with Gasteiger partial charge >= 0.3 is 0 Å². The molecule has 1 aliphatic rings. The Morgan fingerprint density at radius 1 is 1.40 bits per heavy atom. The van der Waals surface area contributed by atoms with E-state index in [2.05, 4.69) is 10.6 Å². The molecule has 0 saturated carbocycles.